The summed E-state index contributed by atoms with van der Waals surface area (Å²) in [6.07, 6.45) is -1.61. The number of amides is 1. The van der Waals surface area contributed by atoms with E-state index in [-0.39, 0.29) is 29.6 Å². The second kappa shape index (κ2) is 8.14. The van der Waals surface area contributed by atoms with Crippen LogP contribution in [0, 0.1) is 5.95 Å². The third-order valence-corrected chi connectivity index (χ3v) is 4.65. The molecule has 28 heavy (non-hydrogen) atoms. The molecule has 1 aliphatic rings. The van der Waals surface area contributed by atoms with Crippen molar-refractivity contribution in [3.8, 4) is 5.75 Å². The number of aromatic nitrogens is 1. The van der Waals surface area contributed by atoms with Gasteiger partial charge in [0.1, 0.15) is 12.4 Å². The van der Waals surface area contributed by atoms with Crippen LogP contribution in [-0.4, -0.2) is 42.0 Å². The predicted octanol–water partition coefficient (Wildman–Crippen LogP) is 3.96. The highest BCUT2D eigenvalue weighted by molar-refractivity contribution is 6.04. The smallest absolute Gasteiger partial charge is 0.419 e. The second-order valence-electron chi connectivity index (χ2n) is 6.59. The van der Waals surface area contributed by atoms with E-state index in [2.05, 4.69) is 10.3 Å². The molecule has 5 nitrogen and oxygen atoms in total. The Kier molecular flexibility index (Phi) is 5.83. The summed E-state index contributed by atoms with van der Waals surface area (Å²) in [6, 6.07) is 5.69. The Morgan fingerprint density at radius 3 is 2.79 bits per heavy atom. The fourth-order valence-electron chi connectivity index (χ4n) is 3.08. The largest absolute Gasteiger partial charge is 0.491 e. The lowest BCUT2D eigenvalue weighted by Crippen LogP contribution is -2.31. The van der Waals surface area contributed by atoms with Gasteiger partial charge in [0, 0.05) is 24.0 Å². The Morgan fingerprint density at radius 1 is 1.36 bits per heavy atom. The quantitative estimate of drug-likeness (QED) is 0.613. The van der Waals surface area contributed by atoms with Crippen molar-refractivity contribution in [1.29, 1.82) is 0 Å². The number of anilines is 1. The Hall–Kier alpha value is -2.68. The first-order chi connectivity index (χ1) is 13.3. The Labute approximate surface area is 159 Å². The van der Waals surface area contributed by atoms with Crippen molar-refractivity contribution < 1.29 is 27.1 Å². The van der Waals surface area contributed by atoms with E-state index < -0.39 is 23.6 Å². The van der Waals surface area contributed by atoms with Gasteiger partial charge in [0.2, 0.25) is 5.95 Å². The Morgan fingerprint density at radius 2 is 2.14 bits per heavy atom. The van der Waals surface area contributed by atoms with Crippen LogP contribution in [0.1, 0.15) is 28.8 Å². The maximum Gasteiger partial charge on any atom is 0.419 e. The summed E-state index contributed by atoms with van der Waals surface area (Å²) >= 11 is 0. The van der Waals surface area contributed by atoms with Crippen LogP contribution in [0.25, 0.3) is 0 Å². The summed E-state index contributed by atoms with van der Waals surface area (Å²) in [5.74, 6) is -2.16. The highest BCUT2D eigenvalue weighted by Crippen LogP contribution is 2.38. The zero-order chi connectivity index (χ0) is 20.3. The third-order valence-electron chi connectivity index (χ3n) is 4.65. The molecule has 0 unspecified atom stereocenters. The maximum absolute atomic E-state index is 13.6. The van der Waals surface area contributed by atoms with Gasteiger partial charge in [-0.3, -0.25) is 4.79 Å². The van der Waals surface area contributed by atoms with Crippen LogP contribution in [-0.2, 0) is 6.18 Å². The minimum absolute atomic E-state index is 0.0313. The van der Waals surface area contributed by atoms with Gasteiger partial charge >= 0.3 is 6.18 Å². The summed E-state index contributed by atoms with van der Waals surface area (Å²) in [7, 11) is 1.89. The molecule has 3 rings (SSSR count). The molecule has 1 atom stereocenters. The van der Waals surface area contributed by atoms with Crippen molar-refractivity contribution in [2.75, 3.05) is 25.5 Å². The first-order valence-corrected chi connectivity index (χ1v) is 8.72. The average Bonchev–Trinajstić information content (AvgIpc) is 3.04. The molecule has 1 N–H and O–H groups in total. The molecule has 0 spiro atoms. The minimum Gasteiger partial charge on any atom is -0.491 e. The number of carbonyl (C=O) groups is 1. The summed E-state index contributed by atoms with van der Waals surface area (Å²) < 4.78 is 59.0. The van der Waals surface area contributed by atoms with Gasteiger partial charge in [0.05, 0.1) is 11.1 Å². The van der Waals surface area contributed by atoms with Crippen molar-refractivity contribution in [2.24, 2.45) is 0 Å². The lowest BCUT2D eigenvalue weighted by molar-refractivity contribution is -0.139. The van der Waals surface area contributed by atoms with Gasteiger partial charge in [0.25, 0.3) is 5.91 Å². The summed E-state index contributed by atoms with van der Waals surface area (Å²) in [4.78, 5) is 17.6. The molecule has 1 amide bonds. The maximum atomic E-state index is 13.6. The third kappa shape index (κ3) is 4.59. The molecule has 1 aromatic heterocycles. The topological polar surface area (TPSA) is 54.5 Å². The van der Waals surface area contributed by atoms with Gasteiger partial charge in [0.15, 0.2) is 0 Å². The molecule has 0 saturated carbocycles. The molecular weight excluding hydrogens is 378 g/mol. The summed E-state index contributed by atoms with van der Waals surface area (Å²) in [5, 5.41) is 2.38. The van der Waals surface area contributed by atoms with Crippen molar-refractivity contribution >= 4 is 11.6 Å². The van der Waals surface area contributed by atoms with Crippen molar-refractivity contribution in [3.05, 3.63) is 53.6 Å². The van der Waals surface area contributed by atoms with Gasteiger partial charge in [-0.25, -0.2) is 4.98 Å². The number of nitrogens with one attached hydrogen (secondary N) is 1. The standard InChI is InChI=1S/C19H19F4N3O2/c1-26-9-3-4-13(26)11-28-16-10-12(6-7-15(16)19(21,22)23)25-18(27)14-5-2-8-24-17(14)20/h2,5-8,10,13H,3-4,9,11H2,1H3,(H,25,27)/t13-/m1/s1. The fraction of sp³-hybridized carbons (Fsp3) is 0.368. The van der Waals surface area contributed by atoms with Crippen LogP contribution in [0.5, 0.6) is 5.75 Å². The molecule has 9 heteroatoms. The molecule has 1 fully saturated rings. The highest BCUT2D eigenvalue weighted by atomic mass is 19.4. The first kappa shape index (κ1) is 20.1. The second-order valence-corrected chi connectivity index (χ2v) is 6.59. The lowest BCUT2D eigenvalue weighted by atomic mass is 10.1. The Bertz CT molecular complexity index is 857. The number of benzene rings is 1. The van der Waals surface area contributed by atoms with Crippen molar-refractivity contribution in [1.82, 2.24) is 9.88 Å². The number of likely N-dealkylation sites (N-methyl/N-ethyl adjacent to an activating group) is 1. The molecule has 150 valence electrons. The summed E-state index contributed by atoms with van der Waals surface area (Å²) in [6.45, 7) is 0.973. The number of alkyl halides is 3. The molecule has 1 aromatic carbocycles. The van der Waals surface area contributed by atoms with E-state index >= 15 is 0 Å². The zero-order valence-electron chi connectivity index (χ0n) is 15.1. The Balaban J connectivity index is 1.81. The van der Waals surface area contributed by atoms with Gasteiger partial charge in [-0.05, 0) is 50.7 Å². The van der Waals surface area contributed by atoms with E-state index in [0.717, 1.165) is 37.6 Å². The number of hydrogen-bond acceptors (Lipinski definition) is 4. The van der Waals surface area contributed by atoms with Crippen LogP contribution in [0.3, 0.4) is 0 Å². The van der Waals surface area contributed by atoms with Crippen LogP contribution in [0.2, 0.25) is 0 Å². The number of nitrogens with zero attached hydrogens (tertiary/aromatic N) is 2. The van der Waals surface area contributed by atoms with Crippen LogP contribution in [0.4, 0.5) is 23.2 Å². The summed E-state index contributed by atoms with van der Waals surface area (Å²) in [5.41, 5.74) is -1.17. The number of hydrogen-bond donors (Lipinski definition) is 1. The van der Waals surface area contributed by atoms with Gasteiger partial charge < -0.3 is 15.0 Å². The molecule has 1 aliphatic heterocycles. The molecule has 0 bridgehead atoms. The van der Waals surface area contributed by atoms with Crippen molar-refractivity contribution in [3.63, 3.8) is 0 Å². The number of halogens is 4. The highest BCUT2D eigenvalue weighted by Gasteiger charge is 2.35. The lowest BCUT2D eigenvalue weighted by Gasteiger charge is -2.21. The number of ether oxygens (including phenoxy) is 1. The molecule has 0 radical (unpaired) electrons. The first-order valence-electron chi connectivity index (χ1n) is 8.72. The van der Waals surface area contributed by atoms with E-state index in [1.165, 1.54) is 18.3 Å². The van der Waals surface area contributed by atoms with Gasteiger partial charge in [-0.1, -0.05) is 0 Å². The molecule has 2 heterocycles. The number of pyridine rings is 1. The van der Waals surface area contributed by atoms with E-state index in [9.17, 15) is 22.4 Å². The van der Waals surface area contributed by atoms with E-state index in [4.69, 9.17) is 4.74 Å². The predicted molar refractivity (Wildman–Crippen MR) is 94.7 cm³/mol. The normalized spacial score (nSPS) is 17.5. The van der Waals surface area contributed by atoms with E-state index in [0.29, 0.717) is 0 Å². The average molecular weight is 397 g/mol. The molecule has 1 saturated heterocycles. The molecular formula is C19H19F4N3O2. The van der Waals surface area contributed by atoms with Gasteiger partial charge in [-0.15, -0.1) is 0 Å². The van der Waals surface area contributed by atoms with Crippen molar-refractivity contribution in [2.45, 2.75) is 25.1 Å². The molecule has 2 aromatic rings. The molecule has 0 aliphatic carbocycles. The zero-order valence-corrected chi connectivity index (χ0v) is 15.1. The van der Waals surface area contributed by atoms with Crippen LogP contribution >= 0.6 is 0 Å². The minimum atomic E-state index is -4.60. The van der Waals surface area contributed by atoms with Crippen LogP contribution < -0.4 is 10.1 Å². The van der Waals surface area contributed by atoms with E-state index in [1.807, 2.05) is 11.9 Å². The number of likely N-dealkylation sites (tertiary alicyclic amines) is 1. The van der Waals surface area contributed by atoms with Crippen LogP contribution in [0.15, 0.2) is 36.5 Å². The fourth-order valence-corrected chi connectivity index (χ4v) is 3.08. The number of carbonyl (C=O) groups excluding carboxylic acids is 1. The number of rotatable bonds is 5. The SMILES string of the molecule is CN1CCC[C@@H]1COc1cc(NC(=O)c2cccnc2F)ccc1C(F)(F)F. The van der Waals surface area contributed by atoms with E-state index in [1.54, 1.807) is 0 Å². The van der Waals surface area contributed by atoms with Gasteiger partial charge in [-0.2, -0.15) is 17.6 Å². The monoisotopic (exact) mass is 397 g/mol.